The Morgan fingerprint density at radius 1 is 1.21 bits per heavy atom. The van der Waals surface area contributed by atoms with Crippen molar-refractivity contribution < 1.29 is 0 Å². The van der Waals surface area contributed by atoms with Gasteiger partial charge in [-0.05, 0) is 51.2 Å². The van der Waals surface area contributed by atoms with E-state index in [4.69, 9.17) is 5.73 Å². The van der Waals surface area contributed by atoms with Gasteiger partial charge in [-0.25, -0.2) is 0 Å². The maximum absolute atomic E-state index is 5.83. The van der Waals surface area contributed by atoms with Crippen LogP contribution in [0.25, 0.3) is 0 Å². The Hall–Kier alpha value is -0.770. The molecule has 4 heteroatoms. The fourth-order valence-electron chi connectivity index (χ4n) is 2.40. The molecule has 1 heterocycles. The molecule has 112 valence electrons. The maximum atomic E-state index is 5.83. The second kappa shape index (κ2) is 10.1. The van der Waals surface area contributed by atoms with Crippen molar-refractivity contribution in [3.05, 3.63) is 0 Å². The molecule has 1 fully saturated rings. The summed E-state index contributed by atoms with van der Waals surface area (Å²) in [7, 11) is 0. The van der Waals surface area contributed by atoms with E-state index in [1.54, 1.807) is 0 Å². The van der Waals surface area contributed by atoms with Crippen LogP contribution < -0.4 is 11.1 Å². The lowest BCUT2D eigenvalue weighted by molar-refractivity contribution is 0.283. The number of likely N-dealkylation sites (tertiary alicyclic amines) is 1. The van der Waals surface area contributed by atoms with E-state index in [1.807, 2.05) is 0 Å². The molecule has 0 aromatic carbocycles. The van der Waals surface area contributed by atoms with Gasteiger partial charge in [0.15, 0.2) is 5.96 Å². The topological polar surface area (TPSA) is 53.6 Å². The molecule has 0 saturated carbocycles. The van der Waals surface area contributed by atoms with Crippen molar-refractivity contribution in [1.82, 2.24) is 10.2 Å². The highest BCUT2D eigenvalue weighted by atomic mass is 15.1. The van der Waals surface area contributed by atoms with Crippen LogP contribution in [0.2, 0.25) is 0 Å². The van der Waals surface area contributed by atoms with Crippen LogP contribution in [0.4, 0.5) is 0 Å². The zero-order chi connectivity index (χ0) is 13.9. The summed E-state index contributed by atoms with van der Waals surface area (Å²) in [5, 5.41) is 3.18. The minimum Gasteiger partial charge on any atom is -0.370 e. The van der Waals surface area contributed by atoms with E-state index >= 15 is 0 Å². The highest BCUT2D eigenvalue weighted by Gasteiger charge is 2.07. The summed E-state index contributed by atoms with van der Waals surface area (Å²) in [6.07, 6.45) is 7.80. The van der Waals surface area contributed by atoms with E-state index in [-0.39, 0.29) is 0 Å². The molecule has 3 N–H and O–H groups in total. The van der Waals surface area contributed by atoms with Crippen LogP contribution in [0, 0.1) is 5.92 Å². The van der Waals surface area contributed by atoms with E-state index in [9.17, 15) is 0 Å². The molecule has 1 aliphatic heterocycles. The summed E-state index contributed by atoms with van der Waals surface area (Å²) in [5.41, 5.74) is 5.83. The van der Waals surface area contributed by atoms with E-state index < -0.39 is 0 Å². The molecule has 0 spiro atoms. The largest absolute Gasteiger partial charge is 0.370 e. The SMILES string of the molecule is CC(C)CCNC(N)=NCCCN1CCCCCC1. The van der Waals surface area contributed by atoms with Crippen molar-refractivity contribution in [2.75, 3.05) is 32.7 Å². The zero-order valence-corrected chi connectivity index (χ0v) is 12.8. The number of guanidine groups is 1. The molecule has 0 unspecified atom stereocenters. The summed E-state index contributed by atoms with van der Waals surface area (Å²) in [5.74, 6) is 1.32. The molecular formula is C15H32N4. The predicted octanol–water partition coefficient (Wildman–Crippen LogP) is 2.20. The second-order valence-corrected chi connectivity index (χ2v) is 5.99. The third-order valence-electron chi connectivity index (χ3n) is 3.64. The standard InChI is InChI=1S/C15H32N4/c1-14(2)8-10-18-15(16)17-9-7-13-19-11-5-3-4-6-12-19/h14H,3-13H2,1-2H3,(H3,16,17,18). The highest BCUT2D eigenvalue weighted by molar-refractivity contribution is 5.77. The summed E-state index contributed by atoms with van der Waals surface area (Å²) in [6.45, 7) is 9.92. The summed E-state index contributed by atoms with van der Waals surface area (Å²) in [6, 6.07) is 0. The molecule has 1 rings (SSSR count). The molecule has 0 aromatic rings. The van der Waals surface area contributed by atoms with Gasteiger partial charge in [-0.15, -0.1) is 0 Å². The zero-order valence-electron chi connectivity index (χ0n) is 12.8. The van der Waals surface area contributed by atoms with Crippen LogP contribution in [0.5, 0.6) is 0 Å². The summed E-state index contributed by atoms with van der Waals surface area (Å²) < 4.78 is 0. The Balaban J connectivity index is 2.04. The molecule has 19 heavy (non-hydrogen) atoms. The Kier molecular flexibility index (Phi) is 8.63. The third kappa shape index (κ3) is 8.87. The van der Waals surface area contributed by atoms with Crippen molar-refractivity contribution >= 4 is 5.96 Å². The van der Waals surface area contributed by atoms with Gasteiger partial charge in [0.25, 0.3) is 0 Å². The van der Waals surface area contributed by atoms with Crippen LogP contribution in [0.15, 0.2) is 4.99 Å². The van der Waals surface area contributed by atoms with Gasteiger partial charge in [0.05, 0.1) is 0 Å². The van der Waals surface area contributed by atoms with E-state index in [0.717, 1.165) is 25.9 Å². The molecule has 0 radical (unpaired) electrons. The summed E-state index contributed by atoms with van der Waals surface area (Å²) in [4.78, 5) is 6.96. The number of hydrogen-bond acceptors (Lipinski definition) is 2. The maximum Gasteiger partial charge on any atom is 0.188 e. The number of nitrogens with two attached hydrogens (primary N) is 1. The quantitative estimate of drug-likeness (QED) is 0.423. The Morgan fingerprint density at radius 3 is 2.53 bits per heavy atom. The number of hydrogen-bond donors (Lipinski definition) is 2. The Bertz CT molecular complexity index is 243. The first-order valence-electron chi connectivity index (χ1n) is 7.94. The normalized spacial score (nSPS) is 18.6. The second-order valence-electron chi connectivity index (χ2n) is 5.99. The van der Waals surface area contributed by atoms with Gasteiger partial charge >= 0.3 is 0 Å². The molecule has 0 atom stereocenters. The van der Waals surface area contributed by atoms with Gasteiger partial charge in [0.2, 0.25) is 0 Å². The van der Waals surface area contributed by atoms with Crippen LogP contribution >= 0.6 is 0 Å². The molecule has 1 saturated heterocycles. The van der Waals surface area contributed by atoms with Crippen molar-refractivity contribution in [1.29, 1.82) is 0 Å². The Labute approximate surface area is 118 Å². The lowest BCUT2D eigenvalue weighted by Gasteiger charge is -2.18. The van der Waals surface area contributed by atoms with Gasteiger partial charge < -0.3 is 16.0 Å². The minimum absolute atomic E-state index is 0.608. The van der Waals surface area contributed by atoms with E-state index in [2.05, 4.69) is 29.1 Å². The summed E-state index contributed by atoms with van der Waals surface area (Å²) >= 11 is 0. The lowest BCUT2D eigenvalue weighted by Crippen LogP contribution is -2.33. The third-order valence-corrected chi connectivity index (χ3v) is 3.64. The van der Waals surface area contributed by atoms with Crippen LogP contribution in [-0.4, -0.2) is 43.6 Å². The highest BCUT2D eigenvalue weighted by Crippen LogP contribution is 2.09. The first kappa shape index (κ1) is 16.3. The van der Waals surface area contributed by atoms with Crippen LogP contribution in [0.3, 0.4) is 0 Å². The van der Waals surface area contributed by atoms with Gasteiger partial charge in [0, 0.05) is 13.1 Å². The number of nitrogens with one attached hydrogen (secondary N) is 1. The molecule has 1 aliphatic rings. The first-order valence-corrected chi connectivity index (χ1v) is 7.94. The first-order chi connectivity index (χ1) is 9.18. The Morgan fingerprint density at radius 2 is 1.89 bits per heavy atom. The van der Waals surface area contributed by atoms with Gasteiger partial charge in [-0.2, -0.15) is 0 Å². The molecular weight excluding hydrogens is 236 g/mol. The number of aliphatic imine (C=N–C) groups is 1. The average molecular weight is 268 g/mol. The van der Waals surface area contributed by atoms with Crippen LogP contribution in [-0.2, 0) is 0 Å². The van der Waals surface area contributed by atoms with Crippen molar-refractivity contribution in [3.8, 4) is 0 Å². The smallest absolute Gasteiger partial charge is 0.188 e. The monoisotopic (exact) mass is 268 g/mol. The van der Waals surface area contributed by atoms with Crippen LogP contribution in [0.1, 0.15) is 52.4 Å². The van der Waals surface area contributed by atoms with Gasteiger partial charge in [-0.1, -0.05) is 26.7 Å². The minimum atomic E-state index is 0.608. The average Bonchev–Trinajstić information content (AvgIpc) is 2.63. The van der Waals surface area contributed by atoms with E-state index in [0.29, 0.717) is 11.9 Å². The fourth-order valence-corrected chi connectivity index (χ4v) is 2.40. The molecule has 0 aliphatic carbocycles. The lowest BCUT2D eigenvalue weighted by atomic mass is 10.1. The van der Waals surface area contributed by atoms with Crippen molar-refractivity contribution in [3.63, 3.8) is 0 Å². The molecule has 4 nitrogen and oxygen atoms in total. The van der Waals surface area contributed by atoms with Gasteiger partial charge in [0.1, 0.15) is 0 Å². The molecule has 0 bridgehead atoms. The number of nitrogens with zero attached hydrogens (tertiary/aromatic N) is 2. The van der Waals surface area contributed by atoms with E-state index in [1.165, 1.54) is 45.3 Å². The van der Waals surface area contributed by atoms with Gasteiger partial charge in [-0.3, -0.25) is 4.99 Å². The predicted molar refractivity (Wildman–Crippen MR) is 83.5 cm³/mol. The molecule has 0 aromatic heterocycles. The fraction of sp³-hybridized carbons (Fsp3) is 0.933. The van der Waals surface area contributed by atoms with Crippen molar-refractivity contribution in [2.24, 2.45) is 16.6 Å². The molecule has 0 amide bonds. The number of rotatable bonds is 7. The van der Waals surface area contributed by atoms with Crippen molar-refractivity contribution in [2.45, 2.75) is 52.4 Å².